The average molecular weight is 173 g/mol. The van der Waals surface area contributed by atoms with Gasteiger partial charge in [-0.05, 0) is 13.3 Å². The van der Waals surface area contributed by atoms with E-state index >= 15 is 0 Å². The minimum atomic E-state index is 0.101. The molecule has 0 bridgehead atoms. The van der Waals surface area contributed by atoms with E-state index in [0.717, 1.165) is 6.42 Å². The van der Waals surface area contributed by atoms with Crippen LogP contribution < -0.4 is 5.32 Å². The Morgan fingerprint density at radius 3 is 2.50 bits per heavy atom. The quantitative estimate of drug-likeness (QED) is 0.678. The molecule has 72 valence electrons. The first-order valence-electron chi connectivity index (χ1n) is 4.41. The van der Waals surface area contributed by atoms with E-state index in [1.54, 1.807) is 7.11 Å². The SMILES string of the molecule is CCC(C)C(=O)NC(C)COC. The normalized spacial score (nSPS) is 15.3. The fourth-order valence-corrected chi connectivity index (χ4v) is 0.862. The molecule has 0 aliphatic heterocycles. The summed E-state index contributed by atoms with van der Waals surface area (Å²) in [5.41, 5.74) is 0. The van der Waals surface area contributed by atoms with Crippen LogP contribution in [-0.2, 0) is 9.53 Å². The molecule has 0 spiro atoms. The van der Waals surface area contributed by atoms with Gasteiger partial charge in [0, 0.05) is 19.1 Å². The van der Waals surface area contributed by atoms with Crippen molar-refractivity contribution in [1.82, 2.24) is 5.32 Å². The second kappa shape index (κ2) is 6.00. The van der Waals surface area contributed by atoms with Crippen molar-refractivity contribution in [3.05, 3.63) is 0 Å². The van der Waals surface area contributed by atoms with Gasteiger partial charge in [0.05, 0.1) is 6.61 Å². The first-order chi connectivity index (χ1) is 5.61. The number of amides is 1. The van der Waals surface area contributed by atoms with E-state index in [1.807, 2.05) is 20.8 Å². The first kappa shape index (κ1) is 11.4. The summed E-state index contributed by atoms with van der Waals surface area (Å²) in [5, 5.41) is 2.87. The lowest BCUT2D eigenvalue weighted by Crippen LogP contribution is -2.38. The summed E-state index contributed by atoms with van der Waals surface area (Å²) in [7, 11) is 1.63. The van der Waals surface area contributed by atoms with Crippen LogP contribution in [0.1, 0.15) is 27.2 Å². The second-order valence-electron chi connectivity index (χ2n) is 3.17. The van der Waals surface area contributed by atoms with Crippen LogP contribution in [0.15, 0.2) is 0 Å². The number of rotatable bonds is 5. The molecule has 2 unspecified atom stereocenters. The minimum absolute atomic E-state index is 0.101. The summed E-state index contributed by atoms with van der Waals surface area (Å²) in [6.07, 6.45) is 0.880. The molecule has 0 aliphatic carbocycles. The molecule has 12 heavy (non-hydrogen) atoms. The van der Waals surface area contributed by atoms with E-state index in [1.165, 1.54) is 0 Å². The van der Waals surface area contributed by atoms with Gasteiger partial charge in [-0.15, -0.1) is 0 Å². The highest BCUT2D eigenvalue weighted by Gasteiger charge is 2.12. The van der Waals surface area contributed by atoms with Gasteiger partial charge in [-0.1, -0.05) is 13.8 Å². The van der Waals surface area contributed by atoms with Crippen LogP contribution in [0.4, 0.5) is 0 Å². The molecule has 0 heterocycles. The average Bonchev–Trinajstić information content (AvgIpc) is 2.03. The maximum Gasteiger partial charge on any atom is 0.223 e. The fraction of sp³-hybridized carbons (Fsp3) is 0.889. The molecule has 0 aromatic rings. The van der Waals surface area contributed by atoms with Crippen molar-refractivity contribution in [1.29, 1.82) is 0 Å². The molecule has 1 amide bonds. The highest BCUT2D eigenvalue weighted by molar-refractivity contribution is 5.78. The van der Waals surface area contributed by atoms with Gasteiger partial charge in [-0.3, -0.25) is 4.79 Å². The van der Waals surface area contributed by atoms with E-state index in [9.17, 15) is 4.79 Å². The van der Waals surface area contributed by atoms with Crippen LogP contribution in [0.3, 0.4) is 0 Å². The maximum atomic E-state index is 11.3. The summed E-state index contributed by atoms with van der Waals surface area (Å²) in [6.45, 7) is 6.44. The van der Waals surface area contributed by atoms with Crippen LogP contribution in [0.25, 0.3) is 0 Å². The smallest absolute Gasteiger partial charge is 0.223 e. The van der Waals surface area contributed by atoms with Gasteiger partial charge in [0.2, 0.25) is 5.91 Å². The minimum Gasteiger partial charge on any atom is -0.383 e. The van der Waals surface area contributed by atoms with Gasteiger partial charge >= 0.3 is 0 Å². The topological polar surface area (TPSA) is 38.3 Å². The van der Waals surface area contributed by atoms with Crippen molar-refractivity contribution < 1.29 is 9.53 Å². The van der Waals surface area contributed by atoms with Crippen molar-refractivity contribution in [3.8, 4) is 0 Å². The van der Waals surface area contributed by atoms with Crippen LogP contribution in [0.5, 0.6) is 0 Å². The van der Waals surface area contributed by atoms with Gasteiger partial charge in [0.25, 0.3) is 0 Å². The van der Waals surface area contributed by atoms with Crippen molar-refractivity contribution in [2.45, 2.75) is 33.2 Å². The lowest BCUT2D eigenvalue weighted by atomic mass is 10.1. The largest absolute Gasteiger partial charge is 0.383 e. The standard InChI is InChI=1S/C9H19NO2/c1-5-7(2)9(11)10-8(3)6-12-4/h7-8H,5-6H2,1-4H3,(H,10,11). The van der Waals surface area contributed by atoms with E-state index in [0.29, 0.717) is 6.61 Å². The second-order valence-corrected chi connectivity index (χ2v) is 3.17. The molecule has 0 aromatic carbocycles. The van der Waals surface area contributed by atoms with Crippen molar-refractivity contribution in [2.75, 3.05) is 13.7 Å². The molecular weight excluding hydrogens is 154 g/mol. The number of hydrogen-bond donors (Lipinski definition) is 1. The molecule has 0 aromatic heterocycles. The zero-order valence-electron chi connectivity index (χ0n) is 8.39. The maximum absolute atomic E-state index is 11.3. The summed E-state index contributed by atoms with van der Waals surface area (Å²) in [4.78, 5) is 11.3. The Morgan fingerprint density at radius 1 is 1.50 bits per heavy atom. The Kier molecular flexibility index (Phi) is 5.72. The lowest BCUT2D eigenvalue weighted by molar-refractivity contribution is -0.125. The Labute approximate surface area is 74.5 Å². The predicted octanol–water partition coefficient (Wildman–Crippen LogP) is 1.18. The third kappa shape index (κ3) is 4.34. The molecule has 3 nitrogen and oxygen atoms in total. The number of carbonyl (C=O) groups is 1. The van der Waals surface area contributed by atoms with E-state index in [2.05, 4.69) is 5.32 Å². The summed E-state index contributed by atoms with van der Waals surface area (Å²) >= 11 is 0. The monoisotopic (exact) mass is 173 g/mol. The van der Waals surface area contributed by atoms with Gasteiger partial charge in [-0.25, -0.2) is 0 Å². The van der Waals surface area contributed by atoms with Crippen LogP contribution >= 0.6 is 0 Å². The van der Waals surface area contributed by atoms with Crippen LogP contribution in [-0.4, -0.2) is 25.7 Å². The molecular formula is C9H19NO2. The van der Waals surface area contributed by atoms with Gasteiger partial charge < -0.3 is 10.1 Å². The van der Waals surface area contributed by atoms with Crippen molar-refractivity contribution in [2.24, 2.45) is 5.92 Å². The Balaban J connectivity index is 3.67. The molecule has 0 aliphatic rings. The third-order valence-corrected chi connectivity index (χ3v) is 1.87. The molecule has 0 saturated heterocycles. The zero-order valence-corrected chi connectivity index (χ0v) is 8.39. The van der Waals surface area contributed by atoms with E-state index in [-0.39, 0.29) is 17.9 Å². The molecule has 2 atom stereocenters. The fourth-order valence-electron chi connectivity index (χ4n) is 0.862. The highest BCUT2D eigenvalue weighted by Crippen LogP contribution is 2.00. The molecule has 0 saturated carbocycles. The predicted molar refractivity (Wildman–Crippen MR) is 48.9 cm³/mol. The van der Waals surface area contributed by atoms with Crippen LogP contribution in [0, 0.1) is 5.92 Å². The van der Waals surface area contributed by atoms with Crippen molar-refractivity contribution >= 4 is 5.91 Å². The number of carbonyl (C=O) groups excluding carboxylic acids is 1. The Hall–Kier alpha value is -0.570. The van der Waals surface area contributed by atoms with Crippen molar-refractivity contribution in [3.63, 3.8) is 0 Å². The first-order valence-corrected chi connectivity index (χ1v) is 4.41. The summed E-state index contributed by atoms with van der Waals surface area (Å²) in [5.74, 6) is 0.214. The lowest BCUT2D eigenvalue weighted by Gasteiger charge is -2.15. The third-order valence-electron chi connectivity index (χ3n) is 1.87. The number of methoxy groups -OCH3 is 1. The summed E-state index contributed by atoms with van der Waals surface area (Å²) in [6, 6.07) is 0.108. The molecule has 3 heteroatoms. The molecule has 0 radical (unpaired) electrons. The van der Waals surface area contributed by atoms with Gasteiger partial charge in [0.1, 0.15) is 0 Å². The zero-order chi connectivity index (χ0) is 9.56. The van der Waals surface area contributed by atoms with Crippen LogP contribution in [0.2, 0.25) is 0 Å². The van der Waals surface area contributed by atoms with E-state index in [4.69, 9.17) is 4.74 Å². The number of ether oxygens (including phenoxy) is 1. The van der Waals surface area contributed by atoms with E-state index < -0.39 is 0 Å². The molecule has 1 N–H and O–H groups in total. The number of nitrogens with one attached hydrogen (secondary N) is 1. The Morgan fingerprint density at radius 2 is 2.08 bits per heavy atom. The number of hydrogen-bond acceptors (Lipinski definition) is 2. The molecule has 0 rings (SSSR count). The summed E-state index contributed by atoms with van der Waals surface area (Å²) < 4.78 is 4.90. The highest BCUT2D eigenvalue weighted by atomic mass is 16.5. The van der Waals surface area contributed by atoms with Gasteiger partial charge in [0.15, 0.2) is 0 Å². The Bertz CT molecular complexity index is 136. The molecule has 0 fully saturated rings. The van der Waals surface area contributed by atoms with Gasteiger partial charge in [-0.2, -0.15) is 0 Å².